The lowest BCUT2D eigenvalue weighted by atomic mass is 10.2. The molecular weight excluding hydrogens is 381 g/mol. The molecule has 1 aliphatic heterocycles. The highest BCUT2D eigenvalue weighted by molar-refractivity contribution is 7.98. The van der Waals surface area contributed by atoms with Crippen molar-refractivity contribution in [3.8, 4) is 17.2 Å². The number of carbonyl (C=O) groups excluding carboxylic acids is 1. The minimum absolute atomic E-state index is 0.136. The first-order valence-electron chi connectivity index (χ1n) is 8.65. The summed E-state index contributed by atoms with van der Waals surface area (Å²) in [6, 6.07) is 13.0. The molecule has 4 rings (SSSR count). The lowest BCUT2D eigenvalue weighted by Gasteiger charge is -2.12. The van der Waals surface area contributed by atoms with Gasteiger partial charge in [0.05, 0.1) is 18.5 Å². The largest absolute Gasteiger partial charge is 0.497 e. The van der Waals surface area contributed by atoms with Gasteiger partial charge in [-0.25, -0.2) is 9.07 Å². The Morgan fingerprint density at radius 2 is 1.86 bits per heavy atom. The summed E-state index contributed by atoms with van der Waals surface area (Å²) in [5, 5.41) is 7.49. The molecule has 0 fully saturated rings. The second-order valence-electron chi connectivity index (χ2n) is 6.17. The van der Waals surface area contributed by atoms with Crippen LogP contribution in [0.3, 0.4) is 0 Å². The van der Waals surface area contributed by atoms with Crippen molar-refractivity contribution in [3.05, 3.63) is 65.6 Å². The molecule has 0 radical (unpaired) electrons. The highest BCUT2D eigenvalue weighted by Gasteiger charge is 2.24. The van der Waals surface area contributed by atoms with Crippen LogP contribution in [0.4, 0.5) is 10.2 Å². The summed E-state index contributed by atoms with van der Waals surface area (Å²) in [7, 11) is 1.59. The number of anilines is 1. The molecule has 0 spiro atoms. The SMILES string of the molecule is COc1ccc(OCC(=O)Nc2c3c(nn2-c2ccc(F)cc2)CSC3)cc1. The summed E-state index contributed by atoms with van der Waals surface area (Å²) < 4.78 is 25.5. The number of rotatable bonds is 6. The zero-order chi connectivity index (χ0) is 19.5. The zero-order valence-corrected chi connectivity index (χ0v) is 16.0. The number of aromatic nitrogens is 2. The van der Waals surface area contributed by atoms with Crippen molar-refractivity contribution in [3.63, 3.8) is 0 Å². The number of carbonyl (C=O) groups is 1. The normalized spacial score (nSPS) is 12.5. The van der Waals surface area contributed by atoms with E-state index in [4.69, 9.17) is 9.47 Å². The molecule has 0 saturated carbocycles. The quantitative estimate of drug-likeness (QED) is 0.683. The number of fused-ring (bicyclic) bond motifs is 1. The van der Waals surface area contributed by atoms with E-state index in [1.54, 1.807) is 60.0 Å². The van der Waals surface area contributed by atoms with Gasteiger partial charge in [-0.2, -0.15) is 16.9 Å². The van der Waals surface area contributed by atoms with Crippen LogP contribution in [0.15, 0.2) is 48.5 Å². The second kappa shape index (κ2) is 7.93. The van der Waals surface area contributed by atoms with Gasteiger partial charge in [0.25, 0.3) is 5.91 Å². The molecule has 0 atom stereocenters. The molecule has 0 saturated heterocycles. The van der Waals surface area contributed by atoms with Crippen LogP contribution in [-0.4, -0.2) is 29.4 Å². The molecule has 1 aromatic heterocycles. The minimum atomic E-state index is -0.322. The monoisotopic (exact) mass is 399 g/mol. The van der Waals surface area contributed by atoms with Crippen LogP contribution in [0.5, 0.6) is 11.5 Å². The van der Waals surface area contributed by atoms with Crippen molar-refractivity contribution >= 4 is 23.5 Å². The number of ether oxygens (including phenoxy) is 2. The van der Waals surface area contributed by atoms with E-state index in [1.165, 1.54) is 12.1 Å². The predicted molar refractivity (Wildman–Crippen MR) is 106 cm³/mol. The third kappa shape index (κ3) is 3.82. The van der Waals surface area contributed by atoms with Crippen molar-refractivity contribution in [1.29, 1.82) is 0 Å². The van der Waals surface area contributed by atoms with E-state index in [1.807, 2.05) is 0 Å². The lowest BCUT2D eigenvalue weighted by Crippen LogP contribution is -2.22. The summed E-state index contributed by atoms with van der Waals surface area (Å²) in [5.41, 5.74) is 2.61. The van der Waals surface area contributed by atoms with E-state index in [0.717, 1.165) is 22.8 Å². The fourth-order valence-corrected chi connectivity index (χ4v) is 3.93. The number of nitrogens with one attached hydrogen (secondary N) is 1. The summed E-state index contributed by atoms with van der Waals surface area (Å²) in [5.74, 6) is 2.84. The number of hydrogen-bond acceptors (Lipinski definition) is 5. The summed E-state index contributed by atoms with van der Waals surface area (Å²) in [6.07, 6.45) is 0. The van der Waals surface area contributed by atoms with Gasteiger partial charge < -0.3 is 14.8 Å². The van der Waals surface area contributed by atoms with Crippen molar-refractivity contribution in [1.82, 2.24) is 9.78 Å². The fourth-order valence-electron chi connectivity index (χ4n) is 2.90. The third-order valence-electron chi connectivity index (χ3n) is 4.31. The topological polar surface area (TPSA) is 65.4 Å². The van der Waals surface area contributed by atoms with E-state index in [9.17, 15) is 9.18 Å². The number of amides is 1. The van der Waals surface area contributed by atoms with Crippen molar-refractivity contribution in [2.45, 2.75) is 11.5 Å². The molecule has 1 aliphatic rings. The van der Waals surface area contributed by atoms with Crippen LogP contribution in [0.25, 0.3) is 5.69 Å². The average Bonchev–Trinajstić information content (AvgIpc) is 3.30. The molecule has 0 unspecified atom stereocenters. The van der Waals surface area contributed by atoms with Gasteiger partial charge in [0.15, 0.2) is 6.61 Å². The molecule has 8 heteroatoms. The Balaban J connectivity index is 1.50. The van der Waals surface area contributed by atoms with Gasteiger partial charge in [-0.3, -0.25) is 4.79 Å². The zero-order valence-electron chi connectivity index (χ0n) is 15.1. The van der Waals surface area contributed by atoms with Crippen LogP contribution < -0.4 is 14.8 Å². The van der Waals surface area contributed by atoms with Gasteiger partial charge in [0.1, 0.15) is 23.1 Å². The molecule has 144 valence electrons. The van der Waals surface area contributed by atoms with E-state index < -0.39 is 0 Å². The second-order valence-corrected chi connectivity index (χ2v) is 7.15. The number of hydrogen-bond donors (Lipinski definition) is 1. The van der Waals surface area contributed by atoms with Crippen LogP contribution in [0.1, 0.15) is 11.3 Å². The van der Waals surface area contributed by atoms with Gasteiger partial charge in [-0.05, 0) is 48.5 Å². The Bertz CT molecular complexity index is 987. The maximum absolute atomic E-state index is 13.3. The van der Waals surface area contributed by atoms with Gasteiger partial charge in [0, 0.05) is 17.1 Å². The Morgan fingerprint density at radius 1 is 1.14 bits per heavy atom. The number of halogens is 1. The summed E-state index contributed by atoms with van der Waals surface area (Å²) >= 11 is 1.74. The van der Waals surface area contributed by atoms with E-state index in [0.29, 0.717) is 23.0 Å². The molecule has 1 N–H and O–H groups in total. The Hall–Kier alpha value is -3.00. The van der Waals surface area contributed by atoms with Crippen LogP contribution in [0.2, 0.25) is 0 Å². The van der Waals surface area contributed by atoms with E-state index in [2.05, 4.69) is 10.4 Å². The molecule has 28 heavy (non-hydrogen) atoms. The Kier molecular flexibility index (Phi) is 5.21. The number of thioether (sulfide) groups is 1. The average molecular weight is 399 g/mol. The highest BCUT2D eigenvalue weighted by Crippen LogP contribution is 2.36. The van der Waals surface area contributed by atoms with Gasteiger partial charge >= 0.3 is 0 Å². The molecule has 2 heterocycles. The molecule has 3 aromatic rings. The summed E-state index contributed by atoms with van der Waals surface area (Å²) in [4.78, 5) is 12.5. The molecule has 1 amide bonds. The van der Waals surface area contributed by atoms with Gasteiger partial charge in [-0.1, -0.05) is 0 Å². The maximum atomic E-state index is 13.3. The van der Waals surface area contributed by atoms with Gasteiger partial charge in [-0.15, -0.1) is 0 Å². The summed E-state index contributed by atoms with van der Waals surface area (Å²) in [6.45, 7) is -0.136. The van der Waals surface area contributed by atoms with Gasteiger partial charge in [0.2, 0.25) is 0 Å². The first-order valence-corrected chi connectivity index (χ1v) is 9.80. The highest BCUT2D eigenvalue weighted by atomic mass is 32.2. The molecule has 6 nitrogen and oxygen atoms in total. The first kappa shape index (κ1) is 18.4. The lowest BCUT2D eigenvalue weighted by molar-refractivity contribution is -0.118. The fraction of sp³-hybridized carbons (Fsp3) is 0.200. The molecular formula is C20H18FN3O3S. The van der Waals surface area contributed by atoms with E-state index in [-0.39, 0.29) is 18.3 Å². The number of methoxy groups -OCH3 is 1. The van der Waals surface area contributed by atoms with Crippen LogP contribution in [-0.2, 0) is 16.3 Å². The smallest absolute Gasteiger partial charge is 0.263 e. The van der Waals surface area contributed by atoms with Crippen molar-refractivity contribution in [2.75, 3.05) is 19.0 Å². The standard InChI is InChI=1S/C20H18FN3O3S/c1-26-15-6-8-16(9-7-15)27-10-19(25)22-20-17-11-28-12-18(17)23-24(20)14-4-2-13(21)3-5-14/h2-9H,10-12H2,1H3,(H,22,25). The predicted octanol–water partition coefficient (Wildman–Crippen LogP) is 3.78. The van der Waals surface area contributed by atoms with Crippen molar-refractivity contribution in [2.24, 2.45) is 0 Å². The number of nitrogens with zero attached hydrogens (tertiary/aromatic N) is 2. The Morgan fingerprint density at radius 3 is 2.57 bits per heavy atom. The van der Waals surface area contributed by atoms with E-state index >= 15 is 0 Å². The Labute approximate surface area is 165 Å². The molecule has 2 aromatic carbocycles. The number of benzene rings is 2. The minimum Gasteiger partial charge on any atom is -0.497 e. The first-order chi connectivity index (χ1) is 13.6. The van der Waals surface area contributed by atoms with Crippen molar-refractivity contribution < 1.29 is 18.7 Å². The molecule has 0 bridgehead atoms. The third-order valence-corrected chi connectivity index (χ3v) is 5.28. The molecule has 0 aliphatic carbocycles. The van der Waals surface area contributed by atoms with Crippen LogP contribution >= 0.6 is 11.8 Å². The van der Waals surface area contributed by atoms with Crippen LogP contribution in [0, 0.1) is 5.82 Å². The maximum Gasteiger partial charge on any atom is 0.263 e.